The van der Waals surface area contributed by atoms with Gasteiger partial charge < -0.3 is 0 Å². The Morgan fingerprint density at radius 1 is 0.407 bits per heavy atom. The summed E-state index contributed by atoms with van der Waals surface area (Å²) in [6.07, 6.45) is 3.74. The number of rotatable bonds is 7. The van der Waals surface area contributed by atoms with Crippen molar-refractivity contribution in [2.24, 2.45) is 0 Å². The molecule has 0 radical (unpaired) electrons. The van der Waals surface area contributed by atoms with Crippen molar-refractivity contribution >= 4 is 0 Å². The second-order valence-electron chi connectivity index (χ2n) is 15.6. The van der Waals surface area contributed by atoms with Crippen LogP contribution in [0.15, 0.2) is 194 Å². The molecule has 0 saturated carbocycles. The van der Waals surface area contributed by atoms with Gasteiger partial charge in [-0.15, -0.1) is 0 Å². The third kappa shape index (κ3) is 6.69. The first kappa shape index (κ1) is 35.7. The lowest BCUT2D eigenvalue weighted by Gasteiger charge is -2.22. The third-order valence-corrected chi connectivity index (χ3v) is 11.6. The lowest BCUT2D eigenvalue weighted by Crippen LogP contribution is -2.15. The fourth-order valence-corrected chi connectivity index (χ4v) is 8.40. The predicted molar refractivity (Wildman–Crippen MR) is 240 cm³/mol. The van der Waals surface area contributed by atoms with Gasteiger partial charge in [0.05, 0.1) is 23.0 Å². The summed E-state index contributed by atoms with van der Waals surface area (Å²) in [6, 6.07) is 66.1. The van der Waals surface area contributed by atoms with E-state index in [0.717, 1.165) is 61.5 Å². The van der Waals surface area contributed by atoms with Crippen molar-refractivity contribution in [2.75, 3.05) is 0 Å². The smallest absolute Gasteiger partial charge is 0.160 e. The van der Waals surface area contributed by atoms with E-state index in [0.29, 0.717) is 11.4 Å². The van der Waals surface area contributed by atoms with Gasteiger partial charge in [-0.2, -0.15) is 5.26 Å². The summed E-state index contributed by atoms with van der Waals surface area (Å²) in [7, 11) is 0. The molecule has 0 N–H and O–H groups in total. The second-order valence-corrected chi connectivity index (χ2v) is 15.6. The van der Waals surface area contributed by atoms with Crippen LogP contribution in [0.1, 0.15) is 30.5 Å². The molecule has 0 unspecified atom stereocenters. The first-order valence-corrected chi connectivity index (χ1v) is 19.9. The summed E-state index contributed by atoms with van der Waals surface area (Å²) in [6.45, 7) is 4.51. The van der Waals surface area contributed by atoms with Crippen LogP contribution in [0.2, 0.25) is 0 Å². The summed E-state index contributed by atoms with van der Waals surface area (Å²) in [5.74, 6) is 0.689. The Hall–Kier alpha value is -7.74. The molecule has 0 amide bonds. The molecular formula is C55H38N4. The predicted octanol–water partition coefficient (Wildman–Crippen LogP) is 13.7. The highest BCUT2D eigenvalue weighted by molar-refractivity contribution is 5.87. The van der Waals surface area contributed by atoms with Crippen LogP contribution in [0.25, 0.3) is 89.5 Å². The van der Waals surface area contributed by atoms with E-state index in [-0.39, 0.29) is 5.41 Å². The molecule has 2 heterocycles. The summed E-state index contributed by atoms with van der Waals surface area (Å²) in [4.78, 5) is 14.6. The number of hydrogen-bond donors (Lipinski definition) is 0. The topological polar surface area (TPSA) is 62.5 Å². The SMILES string of the molecule is CC1(C)c2cc(C#N)ccc2-c2ccc(-c3cc(-c4ccc(-c5cc(-c6ccc(-c7ccccc7)cc6)nc(-c6ccccc6)n5)cc4)cc(-c4cccnc4)c3)cc21. The summed E-state index contributed by atoms with van der Waals surface area (Å²) in [5, 5.41) is 9.65. The largest absolute Gasteiger partial charge is 0.264 e. The van der Waals surface area contributed by atoms with Gasteiger partial charge in [-0.25, -0.2) is 9.97 Å². The minimum Gasteiger partial charge on any atom is -0.264 e. The maximum Gasteiger partial charge on any atom is 0.160 e. The van der Waals surface area contributed by atoms with Gasteiger partial charge >= 0.3 is 0 Å². The van der Waals surface area contributed by atoms with Crippen LogP contribution in [-0.2, 0) is 5.41 Å². The number of benzene rings is 7. The fourth-order valence-electron chi connectivity index (χ4n) is 8.40. The van der Waals surface area contributed by atoms with Crippen LogP contribution >= 0.6 is 0 Å². The quantitative estimate of drug-likeness (QED) is 0.163. The van der Waals surface area contributed by atoms with E-state index in [4.69, 9.17) is 9.97 Å². The van der Waals surface area contributed by atoms with Crippen LogP contribution in [0.4, 0.5) is 0 Å². The molecule has 9 aromatic rings. The van der Waals surface area contributed by atoms with Gasteiger partial charge in [0.15, 0.2) is 5.82 Å². The van der Waals surface area contributed by atoms with Crippen molar-refractivity contribution in [3.8, 4) is 95.6 Å². The third-order valence-electron chi connectivity index (χ3n) is 11.6. The first-order chi connectivity index (χ1) is 28.9. The number of hydrogen-bond acceptors (Lipinski definition) is 4. The average molecular weight is 755 g/mol. The highest BCUT2D eigenvalue weighted by Crippen LogP contribution is 2.50. The van der Waals surface area contributed by atoms with Crippen molar-refractivity contribution < 1.29 is 0 Å². The number of nitrogens with zero attached hydrogens (tertiary/aromatic N) is 4. The number of nitriles is 1. The van der Waals surface area contributed by atoms with Gasteiger partial charge in [0.25, 0.3) is 0 Å². The Bertz CT molecular complexity index is 3040. The lowest BCUT2D eigenvalue weighted by atomic mass is 9.81. The van der Waals surface area contributed by atoms with Crippen LogP contribution in [0.3, 0.4) is 0 Å². The summed E-state index contributed by atoms with van der Waals surface area (Å²) in [5.41, 5.74) is 19.1. The normalized spacial score (nSPS) is 12.4. The minimum atomic E-state index is -0.236. The van der Waals surface area contributed by atoms with Crippen LogP contribution in [0.5, 0.6) is 0 Å². The molecule has 0 fully saturated rings. The maximum atomic E-state index is 9.65. The number of aromatic nitrogens is 3. The van der Waals surface area contributed by atoms with Gasteiger partial charge in [0, 0.05) is 40.1 Å². The van der Waals surface area contributed by atoms with E-state index in [9.17, 15) is 5.26 Å². The molecule has 0 aliphatic heterocycles. The molecule has 2 aromatic heterocycles. The van der Waals surface area contributed by atoms with Gasteiger partial charge in [-0.1, -0.05) is 147 Å². The zero-order valence-corrected chi connectivity index (χ0v) is 32.8. The zero-order valence-electron chi connectivity index (χ0n) is 32.8. The lowest BCUT2D eigenvalue weighted by molar-refractivity contribution is 0.660. The summed E-state index contributed by atoms with van der Waals surface area (Å²) >= 11 is 0. The molecule has 10 rings (SSSR count). The van der Waals surface area contributed by atoms with Crippen LogP contribution in [-0.4, -0.2) is 15.0 Å². The van der Waals surface area contributed by atoms with Crippen LogP contribution in [0, 0.1) is 11.3 Å². The molecule has 1 aliphatic rings. The van der Waals surface area contributed by atoms with Crippen molar-refractivity contribution in [1.82, 2.24) is 15.0 Å². The van der Waals surface area contributed by atoms with E-state index >= 15 is 0 Å². The van der Waals surface area contributed by atoms with E-state index in [1.807, 2.05) is 54.9 Å². The Morgan fingerprint density at radius 2 is 0.881 bits per heavy atom. The fraction of sp³-hybridized carbons (Fsp3) is 0.0545. The van der Waals surface area contributed by atoms with Crippen molar-refractivity contribution in [3.05, 3.63) is 211 Å². The molecule has 0 saturated heterocycles. The van der Waals surface area contributed by atoms with Crippen molar-refractivity contribution in [1.29, 1.82) is 5.26 Å². The van der Waals surface area contributed by atoms with Crippen LogP contribution < -0.4 is 0 Å². The van der Waals surface area contributed by atoms with Gasteiger partial charge in [-0.3, -0.25) is 4.98 Å². The highest BCUT2D eigenvalue weighted by Gasteiger charge is 2.36. The average Bonchev–Trinajstić information content (AvgIpc) is 3.54. The number of fused-ring (bicyclic) bond motifs is 3. The zero-order chi connectivity index (χ0) is 39.9. The first-order valence-electron chi connectivity index (χ1n) is 19.9. The van der Waals surface area contributed by atoms with E-state index in [2.05, 4.69) is 164 Å². The minimum absolute atomic E-state index is 0.236. The molecule has 0 atom stereocenters. The Morgan fingerprint density at radius 3 is 1.47 bits per heavy atom. The Labute approximate surface area is 344 Å². The van der Waals surface area contributed by atoms with E-state index < -0.39 is 0 Å². The van der Waals surface area contributed by atoms with E-state index in [1.165, 1.54) is 33.4 Å². The molecule has 7 aromatic carbocycles. The molecule has 4 heteroatoms. The molecule has 278 valence electrons. The van der Waals surface area contributed by atoms with E-state index in [1.54, 1.807) is 0 Å². The molecule has 0 spiro atoms. The Balaban J connectivity index is 1.03. The van der Waals surface area contributed by atoms with Crippen molar-refractivity contribution in [2.45, 2.75) is 19.3 Å². The molecular weight excluding hydrogens is 717 g/mol. The number of pyridine rings is 1. The highest BCUT2D eigenvalue weighted by atomic mass is 14.9. The Kier molecular flexibility index (Phi) is 8.85. The summed E-state index contributed by atoms with van der Waals surface area (Å²) < 4.78 is 0. The monoisotopic (exact) mass is 754 g/mol. The molecule has 4 nitrogen and oxygen atoms in total. The standard InChI is InChI=1S/C55H38N4/c1-55(2)50-28-36(34-56)15-25-48(50)49-26-24-43(32-51(49)55)46-29-45(30-47(31-46)44-14-9-27-57-35-44)39-18-22-41(23-19-39)53-33-52(58-54(59-53)42-12-7-4-8-13-42)40-20-16-38(17-21-40)37-10-5-3-6-11-37/h3-33,35H,1-2H3. The molecule has 1 aliphatic carbocycles. The van der Waals surface area contributed by atoms with Gasteiger partial charge in [0.2, 0.25) is 0 Å². The second kappa shape index (κ2) is 14.6. The van der Waals surface area contributed by atoms with Crippen molar-refractivity contribution in [3.63, 3.8) is 0 Å². The van der Waals surface area contributed by atoms with Gasteiger partial charge in [-0.05, 0) is 110 Å². The maximum absolute atomic E-state index is 9.65. The van der Waals surface area contributed by atoms with Gasteiger partial charge in [0.1, 0.15) is 0 Å². The molecule has 59 heavy (non-hydrogen) atoms. The molecule has 0 bridgehead atoms.